The molecule has 0 bridgehead atoms. The molecule has 0 aliphatic rings. The van der Waals surface area contributed by atoms with E-state index in [1.165, 1.54) is 0 Å². The van der Waals surface area contributed by atoms with Crippen molar-refractivity contribution in [3.8, 4) is 0 Å². The van der Waals surface area contributed by atoms with Gasteiger partial charge in [0.1, 0.15) is 0 Å². The minimum atomic E-state index is -1.93. The quantitative estimate of drug-likeness (QED) is 0.574. The molecule has 0 aromatic heterocycles. The van der Waals surface area contributed by atoms with Gasteiger partial charge in [0.2, 0.25) is 0 Å². The molecule has 0 spiro atoms. The van der Waals surface area contributed by atoms with E-state index in [4.69, 9.17) is 0 Å². The van der Waals surface area contributed by atoms with Crippen molar-refractivity contribution in [1.29, 1.82) is 0 Å². The third-order valence-corrected chi connectivity index (χ3v) is 9.81. The van der Waals surface area contributed by atoms with Crippen molar-refractivity contribution in [3.05, 3.63) is 0 Å². The van der Waals surface area contributed by atoms with Gasteiger partial charge < -0.3 is 0 Å². The van der Waals surface area contributed by atoms with Crippen LogP contribution in [0.25, 0.3) is 0 Å². The van der Waals surface area contributed by atoms with Gasteiger partial charge in [0.25, 0.3) is 0 Å². The Labute approximate surface area is 122 Å². The molecule has 5 heteroatoms. The Morgan fingerprint density at radius 3 is 0.842 bits per heavy atom. The number of nitrogens with zero attached hydrogens (tertiary/aromatic N) is 4. The van der Waals surface area contributed by atoms with E-state index in [1.807, 2.05) is 0 Å². The summed E-state index contributed by atoms with van der Waals surface area (Å²) < 4.78 is 10.6. The fourth-order valence-electron chi connectivity index (χ4n) is 3.39. The number of rotatable bonds is 10. The Hall–Kier alpha value is 0.270. The van der Waals surface area contributed by atoms with E-state index in [9.17, 15) is 0 Å². The molecule has 0 fully saturated rings. The molecule has 19 heavy (non-hydrogen) atoms. The maximum absolute atomic E-state index is 2.70. The van der Waals surface area contributed by atoms with Gasteiger partial charge in [-0.05, 0) is 0 Å². The van der Waals surface area contributed by atoms with Crippen LogP contribution in [0, 0.1) is 0 Å². The first kappa shape index (κ1) is 19.3. The Morgan fingerprint density at radius 2 is 0.737 bits per heavy atom. The van der Waals surface area contributed by atoms with Crippen molar-refractivity contribution in [2.24, 2.45) is 0 Å². The summed E-state index contributed by atoms with van der Waals surface area (Å²) in [7, 11) is 2.60. The molecule has 0 radical (unpaired) electrons. The molecule has 0 aromatic carbocycles. The van der Waals surface area contributed by atoms with Crippen molar-refractivity contribution >= 4 is 7.87 Å². The van der Waals surface area contributed by atoms with Gasteiger partial charge in [0.05, 0.1) is 0 Å². The SMILES string of the molecule is CCN(CC)[PH](N(C)C)(N(CC)CC)N(CC)CC. The molecule has 0 aromatic rings. The van der Waals surface area contributed by atoms with Crippen LogP contribution in [0.2, 0.25) is 0 Å². The summed E-state index contributed by atoms with van der Waals surface area (Å²) in [6, 6.07) is 0. The number of hydrogen-bond acceptors (Lipinski definition) is 4. The van der Waals surface area contributed by atoms with Gasteiger partial charge in [-0.15, -0.1) is 0 Å². The summed E-state index contributed by atoms with van der Waals surface area (Å²) in [5.74, 6) is 0. The molecular formula is C14H37N4P. The molecule has 0 saturated heterocycles. The molecule has 0 aliphatic carbocycles. The van der Waals surface area contributed by atoms with E-state index in [0.717, 1.165) is 39.3 Å². The standard InChI is InChI=1S/C14H37N4P/c1-9-16(10-2)19(15(7)8,17(11-3)12-4)18(13-5)14-6/h19H,9-14H2,1-8H3. The molecule has 4 nitrogen and oxygen atoms in total. The Kier molecular flexibility index (Phi) is 9.38. The van der Waals surface area contributed by atoms with E-state index in [0.29, 0.717) is 0 Å². The fraction of sp³-hybridized carbons (Fsp3) is 1.00. The summed E-state index contributed by atoms with van der Waals surface area (Å²) in [5.41, 5.74) is 0. The maximum atomic E-state index is 2.70. The summed E-state index contributed by atoms with van der Waals surface area (Å²) in [4.78, 5) is 0. The Morgan fingerprint density at radius 1 is 0.526 bits per heavy atom. The molecule has 118 valence electrons. The monoisotopic (exact) mass is 292 g/mol. The molecule has 0 heterocycles. The fourth-order valence-corrected chi connectivity index (χ4v) is 8.83. The molecule has 0 unspecified atom stereocenters. The Balaban J connectivity index is 5.84. The Bertz CT molecular complexity index is 192. The average Bonchev–Trinajstić information content (AvgIpc) is 2.41. The molecular weight excluding hydrogens is 255 g/mol. The summed E-state index contributed by atoms with van der Waals surface area (Å²) in [6.45, 7) is 20.5. The molecule has 0 N–H and O–H groups in total. The van der Waals surface area contributed by atoms with Gasteiger partial charge in [0, 0.05) is 0 Å². The third-order valence-electron chi connectivity index (χ3n) is 4.16. The summed E-state index contributed by atoms with van der Waals surface area (Å²) in [5, 5.41) is 0. The predicted molar refractivity (Wildman–Crippen MR) is 90.8 cm³/mol. The van der Waals surface area contributed by atoms with Crippen molar-refractivity contribution in [1.82, 2.24) is 18.7 Å². The topological polar surface area (TPSA) is 13.0 Å². The van der Waals surface area contributed by atoms with Crippen LogP contribution in [0.5, 0.6) is 0 Å². The van der Waals surface area contributed by atoms with Crippen LogP contribution in [0.15, 0.2) is 0 Å². The zero-order valence-corrected chi connectivity index (χ0v) is 15.5. The van der Waals surface area contributed by atoms with Crippen LogP contribution in [0.3, 0.4) is 0 Å². The van der Waals surface area contributed by atoms with Crippen molar-refractivity contribution in [2.75, 3.05) is 53.4 Å². The van der Waals surface area contributed by atoms with Crippen molar-refractivity contribution in [2.45, 2.75) is 41.5 Å². The second-order valence-corrected chi connectivity index (χ2v) is 9.00. The van der Waals surface area contributed by atoms with Gasteiger partial charge in [-0.25, -0.2) is 0 Å². The van der Waals surface area contributed by atoms with E-state index < -0.39 is 7.87 Å². The van der Waals surface area contributed by atoms with Gasteiger partial charge in [0.15, 0.2) is 0 Å². The second kappa shape index (κ2) is 9.25. The zero-order valence-electron chi connectivity index (χ0n) is 14.5. The van der Waals surface area contributed by atoms with Crippen molar-refractivity contribution < 1.29 is 0 Å². The third kappa shape index (κ3) is 3.68. The minimum absolute atomic E-state index is 1.12. The van der Waals surface area contributed by atoms with Crippen LogP contribution in [0.4, 0.5) is 0 Å². The van der Waals surface area contributed by atoms with Crippen LogP contribution in [-0.2, 0) is 0 Å². The van der Waals surface area contributed by atoms with Gasteiger partial charge in [-0.3, -0.25) is 0 Å². The molecule has 0 atom stereocenters. The first-order chi connectivity index (χ1) is 9.00. The molecule has 0 saturated carbocycles. The predicted octanol–water partition coefficient (Wildman–Crippen LogP) is 2.98. The summed E-state index contributed by atoms with van der Waals surface area (Å²) in [6.07, 6.45) is 0. The van der Waals surface area contributed by atoms with Crippen LogP contribution < -0.4 is 0 Å². The van der Waals surface area contributed by atoms with Crippen molar-refractivity contribution in [3.63, 3.8) is 0 Å². The zero-order chi connectivity index (χ0) is 15.1. The van der Waals surface area contributed by atoms with Crippen LogP contribution >= 0.6 is 7.87 Å². The first-order valence-electron chi connectivity index (χ1n) is 7.93. The number of hydrogen-bond donors (Lipinski definition) is 0. The molecule has 0 aliphatic heterocycles. The van der Waals surface area contributed by atoms with Gasteiger partial charge >= 0.3 is 121 Å². The van der Waals surface area contributed by atoms with Crippen LogP contribution in [-0.4, -0.2) is 72.0 Å². The normalized spacial score (nSPS) is 14.1. The second-order valence-electron chi connectivity index (χ2n) is 5.01. The molecule has 0 amide bonds. The first-order valence-corrected chi connectivity index (χ1v) is 9.72. The summed E-state index contributed by atoms with van der Waals surface area (Å²) >= 11 is 0. The van der Waals surface area contributed by atoms with E-state index in [2.05, 4.69) is 74.3 Å². The van der Waals surface area contributed by atoms with E-state index in [-0.39, 0.29) is 0 Å². The van der Waals surface area contributed by atoms with Gasteiger partial charge in [-0.1, -0.05) is 0 Å². The van der Waals surface area contributed by atoms with Crippen LogP contribution in [0.1, 0.15) is 41.5 Å². The van der Waals surface area contributed by atoms with E-state index in [1.54, 1.807) is 0 Å². The average molecular weight is 292 g/mol. The van der Waals surface area contributed by atoms with Gasteiger partial charge in [-0.2, -0.15) is 0 Å². The molecule has 0 rings (SSSR count). The van der Waals surface area contributed by atoms with E-state index >= 15 is 0 Å².